The number of aromatic nitrogens is 1. The zero-order valence-corrected chi connectivity index (χ0v) is 13.2. The second-order valence-electron chi connectivity index (χ2n) is 5.84. The number of amides is 1. The van der Waals surface area contributed by atoms with Crippen LogP contribution in [0.4, 0.5) is 5.69 Å². The van der Waals surface area contributed by atoms with Crippen LogP contribution in [0.2, 0.25) is 0 Å². The number of nitrogens with one attached hydrogen (secondary N) is 2. The molecule has 0 aliphatic heterocycles. The molecule has 1 unspecified atom stereocenters. The molecule has 2 rings (SSSR count). The average Bonchev–Trinajstić information content (AvgIpc) is 2.54. The summed E-state index contributed by atoms with van der Waals surface area (Å²) in [5.41, 5.74) is 1.51. The van der Waals surface area contributed by atoms with E-state index in [1.54, 1.807) is 18.5 Å². The van der Waals surface area contributed by atoms with Crippen molar-refractivity contribution < 1.29 is 4.79 Å². The third-order valence-corrected chi connectivity index (χ3v) is 4.41. The van der Waals surface area contributed by atoms with E-state index in [4.69, 9.17) is 0 Å². The second kappa shape index (κ2) is 8.01. The molecule has 0 bridgehead atoms. The summed E-state index contributed by atoms with van der Waals surface area (Å²) >= 11 is 0. The van der Waals surface area contributed by atoms with Gasteiger partial charge in [0.15, 0.2) is 0 Å². The number of hydrogen-bond acceptors (Lipinski definition) is 3. The molecule has 4 nitrogen and oxygen atoms in total. The van der Waals surface area contributed by atoms with Crippen molar-refractivity contribution in [2.45, 2.75) is 58.4 Å². The SMILES string of the molecule is CCNc1cnccc1C(=O)NC(CC)C1CCCCC1. The molecule has 0 saturated heterocycles. The lowest BCUT2D eigenvalue weighted by Crippen LogP contribution is -2.40. The number of hydrogen-bond donors (Lipinski definition) is 2. The number of carbonyl (C=O) groups excluding carboxylic acids is 1. The Labute approximate surface area is 127 Å². The zero-order valence-electron chi connectivity index (χ0n) is 13.2. The van der Waals surface area contributed by atoms with Gasteiger partial charge in [0.25, 0.3) is 5.91 Å². The third kappa shape index (κ3) is 4.19. The lowest BCUT2D eigenvalue weighted by Gasteiger charge is -2.30. The highest BCUT2D eigenvalue weighted by Gasteiger charge is 2.24. The normalized spacial score (nSPS) is 17.2. The Morgan fingerprint density at radius 2 is 2.10 bits per heavy atom. The van der Waals surface area contributed by atoms with Crippen molar-refractivity contribution in [2.24, 2.45) is 5.92 Å². The van der Waals surface area contributed by atoms with E-state index in [0.717, 1.165) is 18.7 Å². The van der Waals surface area contributed by atoms with Crippen LogP contribution in [0.25, 0.3) is 0 Å². The number of pyridine rings is 1. The van der Waals surface area contributed by atoms with Crippen LogP contribution in [-0.2, 0) is 0 Å². The summed E-state index contributed by atoms with van der Waals surface area (Å²) in [7, 11) is 0. The fraction of sp³-hybridized carbons (Fsp3) is 0.647. The van der Waals surface area contributed by atoms with Gasteiger partial charge in [0.2, 0.25) is 0 Å². The van der Waals surface area contributed by atoms with Crippen LogP contribution in [0.1, 0.15) is 62.7 Å². The van der Waals surface area contributed by atoms with Gasteiger partial charge in [-0.2, -0.15) is 0 Å². The van der Waals surface area contributed by atoms with E-state index in [-0.39, 0.29) is 5.91 Å². The van der Waals surface area contributed by atoms with Crippen molar-refractivity contribution in [3.8, 4) is 0 Å². The van der Waals surface area contributed by atoms with Crippen LogP contribution in [0.3, 0.4) is 0 Å². The molecule has 1 amide bonds. The van der Waals surface area contributed by atoms with E-state index >= 15 is 0 Å². The highest BCUT2D eigenvalue weighted by atomic mass is 16.1. The maximum atomic E-state index is 12.6. The Morgan fingerprint density at radius 3 is 2.76 bits per heavy atom. The average molecular weight is 289 g/mol. The van der Waals surface area contributed by atoms with Crippen LogP contribution >= 0.6 is 0 Å². The number of nitrogens with zero attached hydrogens (tertiary/aromatic N) is 1. The van der Waals surface area contributed by atoms with Gasteiger partial charge >= 0.3 is 0 Å². The lowest BCUT2D eigenvalue weighted by molar-refractivity contribution is 0.0912. The third-order valence-electron chi connectivity index (χ3n) is 4.41. The number of anilines is 1. The van der Waals surface area contributed by atoms with Crippen molar-refractivity contribution >= 4 is 11.6 Å². The maximum absolute atomic E-state index is 12.6. The molecule has 116 valence electrons. The largest absolute Gasteiger partial charge is 0.383 e. The monoisotopic (exact) mass is 289 g/mol. The lowest BCUT2D eigenvalue weighted by atomic mass is 9.83. The molecule has 4 heteroatoms. The molecule has 0 spiro atoms. The van der Waals surface area contributed by atoms with Crippen molar-refractivity contribution in [2.75, 3.05) is 11.9 Å². The van der Waals surface area contributed by atoms with Crippen LogP contribution in [0.5, 0.6) is 0 Å². The minimum Gasteiger partial charge on any atom is -0.383 e. The molecule has 1 heterocycles. The summed E-state index contributed by atoms with van der Waals surface area (Å²) < 4.78 is 0. The van der Waals surface area contributed by atoms with Gasteiger partial charge < -0.3 is 10.6 Å². The molecular formula is C17H27N3O. The van der Waals surface area contributed by atoms with E-state index in [0.29, 0.717) is 17.5 Å². The minimum absolute atomic E-state index is 0.0192. The molecule has 1 atom stereocenters. The summed E-state index contributed by atoms with van der Waals surface area (Å²) in [6, 6.07) is 2.08. The standard InChI is InChI=1S/C17H27N3O/c1-3-15(13-8-6-5-7-9-13)20-17(21)14-10-11-18-12-16(14)19-4-2/h10-13,15,19H,3-9H2,1-2H3,(H,20,21). The first kappa shape index (κ1) is 15.8. The van der Waals surface area contributed by atoms with Gasteiger partial charge in [-0.3, -0.25) is 9.78 Å². The quantitative estimate of drug-likeness (QED) is 0.841. The van der Waals surface area contributed by atoms with Crippen LogP contribution in [0.15, 0.2) is 18.5 Å². The van der Waals surface area contributed by atoms with E-state index in [1.165, 1.54) is 32.1 Å². The Hall–Kier alpha value is -1.58. The summed E-state index contributed by atoms with van der Waals surface area (Å²) in [5.74, 6) is 0.655. The fourth-order valence-corrected chi connectivity index (χ4v) is 3.26. The molecule has 1 aromatic rings. The molecule has 0 aromatic carbocycles. The molecule has 0 radical (unpaired) electrons. The molecule has 1 saturated carbocycles. The van der Waals surface area contributed by atoms with Crippen LogP contribution in [0, 0.1) is 5.92 Å². The smallest absolute Gasteiger partial charge is 0.253 e. The molecular weight excluding hydrogens is 262 g/mol. The fourth-order valence-electron chi connectivity index (χ4n) is 3.26. The van der Waals surface area contributed by atoms with Gasteiger partial charge in [0.1, 0.15) is 0 Å². The van der Waals surface area contributed by atoms with Gasteiger partial charge in [0.05, 0.1) is 17.4 Å². The number of carbonyl (C=O) groups is 1. The maximum Gasteiger partial charge on any atom is 0.253 e. The zero-order chi connectivity index (χ0) is 15.1. The summed E-state index contributed by atoms with van der Waals surface area (Å²) in [6.07, 6.45) is 10.8. The van der Waals surface area contributed by atoms with Gasteiger partial charge in [-0.15, -0.1) is 0 Å². The van der Waals surface area contributed by atoms with E-state index in [9.17, 15) is 4.79 Å². The predicted octanol–water partition coefficient (Wildman–Crippen LogP) is 3.60. The van der Waals surface area contributed by atoms with Crippen LogP contribution in [-0.4, -0.2) is 23.5 Å². The second-order valence-corrected chi connectivity index (χ2v) is 5.84. The van der Waals surface area contributed by atoms with Gasteiger partial charge in [-0.05, 0) is 38.2 Å². The van der Waals surface area contributed by atoms with Crippen molar-refractivity contribution in [3.63, 3.8) is 0 Å². The molecule has 1 fully saturated rings. The van der Waals surface area contributed by atoms with E-state index < -0.39 is 0 Å². The van der Waals surface area contributed by atoms with Crippen molar-refractivity contribution in [1.82, 2.24) is 10.3 Å². The molecule has 1 aliphatic rings. The molecule has 2 N–H and O–H groups in total. The van der Waals surface area contributed by atoms with E-state index in [1.807, 2.05) is 6.92 Å². The van der Waals surface area contributed by atoms with E-state index in [2.05, 4.69) is 22.5 Å². The highest BCUT2D eigenvalue weighted by molar-refractivity contribution is 5.99. The minimum atomic E-state index is 0.0192. The summed E-state index contributed by atoms with van der Waals surface area (Å²) in [4.78, 5) is 16.7. The van der Waals surface area contributed by atoms with Gasteiger partial charge in [0, 0.05) is 18.8 Å². The summed E-state index contributed by atoms with van der Waals surface area (Å²) in [5, 5.41) is 6.45. The van der Waals surface area contributed by atoms with Gasteiger partial charge in [-0.1, -0.05) is 26.2 Å². The molecule has 1 aromatic heterocycles. The van der Waals surface area contributed by atoms with Crippen molar-refractivity contribution in [3.05, 3.63) is 24.0 Å². The van der Waals surface area contributed by atoms with Crippen LogP contribution < -0.4 is 10.6 Å². The highest BCUT2D eigenvalue weighted by Crippen LogP contribution is 2.28. The number of rotatable bonds is 6. The first-order chi connectivity index (χ1) is 10.3. The Kier molecular flexibility index (Phi) is 6.03. The Morgan fingerprint density at radius 1 is 1.33 bits per heavy atom. The summed E-state index contributed by atoms with van der Waals surface area (Å²) in [6.45, 7) is 4.97. The topological polar surface area (TPSA) is 54.0 Å². The Bertz CT molecular complexity index is 455. The molecule has 1 aliphatic carbocycles. The molecule has 21 heavy (non-hydrogen) atoms. The predicted molar refractivity (Wildman–Crippen MR) is 86.5 cm³/mol. The first-order valence-electron chi connectivity index (χ1n) is 8.25. The first-order valence-corrected chi connectivity index (χ1v) is 8.25. The van der Waals surface area contributed by atoms with Crippen molar-refractivity contribution in [1.29, 1.82) is 0 Å². The Balaban J connectivity index is 2.05. The van der Waals surface area contributed by atoms with Gasteiger partial charge in [-0.25, -0.2) is 0 Å².